The molecule has 98 valence electrons. The van der Waals surface area contributed by atoms with Crippen LogP contribution in [0.3, 0.4) is 0 Å². The van der Waals surface area contributed by atoms with Crippen molar-refractivity contribution in [2.75, 3.05) is 19.8 Å². The molecule has 0 saturated heterocycles. The zero-order chi connectivity index (χ0) is 13.0. The lowest BCUT2D eigenvalue weighted by Crippen LogP contribution is -2.01. The zero-order valence-corrected chi connectivity index (χ0v) is 12.0. The lowest BCUT2D eigenvalue weighted by molar-refractivity contribution is 0.141. The fraction of sp³-hybridized carbons (Fsp3) is 0.333. The summed E-state index contributed by atoms with van der Waals surface area (Å²) in [6.07, 6.45) is 4.36. The summed E-state index contributed by atoms with van der Waals surface area (Å²) in [5.41, 5.74) is 3.71. The Morgan fingerprint density at radius 3 is 1.29 bits per heavy atom. The van der Waals surface area contributed by atoms with Gasteiger partial charge in [0.15, 0.2) is 0 Å². The Morgan fingerprint density at radius 1 is 0.765 bits per heavy atom. The number of rotatable bonds is 9. The van der Waals surface area contributed by atoms with Crippen molar-refractivity contribution in [2.45, 2.75) is 0 Å². The van der Waals surface area contributed by atoms with Gasteiger partial charge >= 0.3 is 7.82 Å². The fourth-order valence-electron chi connectivity index (χ4n) is 0.624. The van der Waals surface area contributed by atoms with Gasteiger partial charge in [0.1, 0.15) is 0 Å². The van der Waals surface area contributed by atoms with E-state index < -0.39 is 7.82 Å². The third kappa shape index (κ3) is 9.86. The van der Waals surface area contributed by atoms with Gasteiger partial charge in [0.25, 0.3) is 0 Å². The monoisotopic (exact) mass is 320 g/mol. The van der Waals surface area contributed by atoms with Crippen LogP contribution in [0.15, 0.2) is 34.8 Å². The van der Waals surface area contributed by atoms with E-state index in [0.29, 0.717) is 0 Å². The van der Waals surface area contributed by atoms with E-state index in [-0.39, 0.29) is 19.8 Å². The summed E-state index contributed by atoms with van der Waals surface area (Å²) in [7, 11) is -3.64. The smallest absolute Gasteiger partial charge is 0.283 e. The molecule has 0 N–H and O–H groups in total. The zero-order valence-electron chi connectivity index (χ0n) is 8.80. The molecule has 17 heavy (non-hydrogen) atoms. The summed E-state index contributed by atoms with van der Waals surface area (Å²) in [5.74, 6) is 0. The Morgan fingerprint density at radius 2 is 1.06 bits per heavy atom. The molecule has 0 unspecified atom stereocenters. The van der Waals surface area contributed by atoms with E-state index in [1.165, 1.54) is 34.8 Å². The van der Waals surface area contributed by atoms with Gasteiger partial charge in [-0.3, -0.25) is 13.6 Å². The SMILES string of the molecule is O=P(OCC=CCl)(OCC=CCl)OCC=CCl. The van der Waals surface area contributed by atoms with Crippen LogP contribution >= 0.6 is 42.6 Å². The number of phosphoric ester groups is 1. The Labute approximate surface area is 115 Å². The highest BCUT2D eigenvalue weighted by Crippen LogP contribution is 2.49. The maximum atomic E-state index is 11.9. The van der Waals surface area contributed by atoms with E-state index in [0.717, 1.165) is 0 Å². The largest absolute Gasteiger partial charge is 0.475 e. The molecule has 0 spiro atoms. The molecule has 0 aromatic heterocycles. The highest BCUT2D eigenvalue weighted by atomic mass is 35.5. The lowest BCUT2D eigenvalue weighted by atomic mass is 10.7. The normalized spacial score (nSPS) is 16.2. The molecular weight excluding hydrogens is 309 g/mol. The highest BCUT2D eigenvalue weighted by molar-refractivity contribution is 7.48. The van der Waals surface area contributed by atoms with Gasteiger partial charge in [-0.1, -0.05) is 34.8 Å². The van der Waals surface area contributed by atoms with Crippen LogP contribution in [0.25, 0.3) is 0 Å². The van der Waals surface area contributed by atoms with E-state index in [9.17, 15) is 4.57 Å². The molecule has 0 aromatic rings. The van der Waals surface area contributed by atoms with E-state index in [1.54, 1.807) is 0 Å². The number of hydrogen-bond acceptors (Lipinski definition) is 4. The van der Waals surface area contributed by atoms with Gasteiger partial charge < -0.3 is 0 Å². The minimum Gasteiger partial charge on any atom is -0.283 e. The van der Waals surface area contributed by atoms with Crippen LogP contribution in [0.5, 0.6) is 0 Å². The summed E-state index contributed by atoms with van der Waals surface area (Å²) < 4.78 is 26.8. The van der Waals surface area contributed by atoms with Crippen LogP contribution in [0.4, 0.5) is 0 Å². The van der Waals surface area contributed by atoms with Gasteiger partial charge in [-0.15, -0.1) is 0 Å². The maximum absolute atomic E-state index is 11.9. The highest BCUT2D eigenvalue weighted by Gasteiger charge is 2.25. The van der Waals surface area contributed by atoms with E-state index in [2.05, 4.69) is 0 Å². The summed E-state index contributed by atoms with van der Waals surface area (Å²) in [6, 6.07) is 0. The maximum Gasteiger partial charge on any atom is 0.475 e. The Hall–Kier alpha value is 0.200. The van der Waals surface area contributed by atoms with Crippen molar-refractivity contribution in [3.63, 3.8) is 0 Å². The van der Waals surface area contributed by atoms with Crippen molar-refractivity contribution in [3.8, 4) is 0 Å². The van der Waals surface area contributed by atoms with Crippen molar-refractivity contribution >= 4 is 42.6 Å². The Kier molecular flexibility index (Phi) is 11.4. The molecule has 0 saturated carbocycles. The van der Waals surface area contributed by atoms with Gasteiger partial charge in [-0.05, 0) is 18.2 Å². The molecule has 0 atom stereocenters. The summed E-state index contributed by atoms with van der Waals surface area (Å²) >= 11 is 15.9. The molecule has 8 heteroatoms. The fourth-order valence-corrected chi connectivity index (χ4v) is 1.87. The minimum atomic E-state index is -3.64. The predicted octanol–water partition coefficient (Wildman–Crippen LogP) is 4.40. The van der Waals surface area contributed by atoms with Gasteiger partial charge in [-0.2, -0.15) is 0 Å². The molecule has 0 bridgehead atoms. The molecule has 0 amide bonds. The van der Waals surface area contributed by atoms with E-state index in [4.69, 9.17) is 48.4 Å². The van der Waals surface area contributed by atoms with Gasteiger partial charge in [-0.25, -0.2) is 4.57 Å². The van der Waals surface area contributed by atoms with Crippen LogP contribution in [0, 0.1) is 0 Å². The van der Waals surface area contributed by atoms with E-state index in [1.807, 2.05) is 0 Å². The molecule has 0 aromatic carbocycles. The van der Waals surface area contributed by atoms with Crippen molar-refractivity contribution in [1.82, 2.24) is 0 Å². The van der Waals surface area contributed by atoms with E-state index >= 15 is 0 Å². The quantitative estimate of drug-likeness (QED) is 0.590. The molecule has 0 radical (unpaired) electrons. The first-order valence-corrected chi connectivity index (χ1v) is 7.25. The van der Waals surface area contributed by atoms with Crippen LogP contribution in [0.1, 0.15) is 0 Å². The minimum absolute atomic E-state index is 0.00988. The number of halogens is 3. The average Bonchev–Trinajstić information content (AvgIpc) is 2.30. The molecule has 4 nitrogen and oxygen atoms in total. The summed E-state index contributed by atoms with van der Waals surface area (Å²) in [5, 5.41) is 0. The number of phosphoric acid groups is 1. The van der Waals surface area contributed by atoms with Crippen LogP contribution in [-0.4, -0.2) is 19.8 Å². The van der Waals surface area contributed by atoms with Gasteiger partial charge in [0, 0.05) is 16.6 Å². The second kappa shape index (κ2) is 11.3. The second-order valence-electron chi connectivity index (χ2n) is 2.42. The van der Waals surface area contributed by atoms with Crippen molar-refractivity contribution < 1.29 is 18.1 Å². The van der Waals surface area contributed by atoms with Crippen molar-refractivity contribution in [2.24, 2.45) is 0 Å². The standard InChI is InChI=1S/C9H12Cl3O4P/c10-4-1-7-14-17(13,15-8-2-5-11)16-9-3-6-12/h1-6H,7-9H2. The van der Waals surface area contributed by atoms with Gasteiger partial charge in [0.05, 0.1) is 19.8 Å². The summed E-state index contributed by atoms with van der Waals surface area (Å²) in [6.45, 7) is 0.0296. The summed E-state index contributed by atoms with van der Waals surface area (Å²) in [4.78, 5) is 0. The third-order valence-corrected chi connectivity index (χ3v) is 3.18. The van der Waals surface area contributed by atoms with Crippen LogP contribution in [0.2, 0.25) is 0 Å². The molecule has 0 rings (SSSR count). The molecular formula is C9H12Cl3O4P. The lowest BCUT2D eigenvalue weighted by Gasteiger charge is -2.15. The first-order valence-electron chi connectivity index (χ1n) is 4.48. The average molecular weight is 322 g/mol. The third-order valence-electron chi connectivity index (χ3n) is 1.25. The first kappa shape index (κ1) is 17.2. The van der Waals surface area contributed by atoms with Gasteiger partial charge in [0.2, 0.25) is 0 Å². The number of hydrogen-bond donors (Lipinski definition) is 0. The van der Waals surface area contributed by atoms with Crippen molar-refractivity contribution in [3.05, 3.63) is 34.8 Å². The Bertz CT molecular complexity index is 270. The Balaban J connectivity index is 4.28. The van der Waals surface area contributed by atoms with Crippen LogP contribution < -0.4 is 0 Å². The van der Waals surface area contributed by atoms with Crippen molar-refractivity contribution in [1.29, 1.82) is 0 Å². The topological polar surface area (TPSA) is 44.8 Å². The van der Waals surface area contributed by atoms with Crippen LogP contribution in [-0.2, 0) is 18.1 Å². The predicted molar refractivity (Wildman–Crippen MR) is 70.4 cm³/mol. The first-order chi connectivity index (χ1) is 8.18. The molecule has 0 aliphatic rings. The molecule has 0 aliphatic carbocycles. The second-order valence-corrected chi connectivity index (χ2v) is 4.84. The molecule has 0 fully saturated rings. The molecule has 0 aliphatic heterocycles. The molecule has 0 heterocycles.